The average molecular weight is 701 g/mol. The second-order valence-electron chi connectivity index (χ2n) is 15.3. The second kappa shape index (κ2) is 14.9. The standard InChI is InChI=1S/C52H48N2/c1-37-11-25-47(26-12-37)53(51-33-23-39-7-3-5-9-45(39)35-51)49-29-19-43(20-30-49)41-15-17-42(18-16-41)44-21-31-50(32-22-44)54(48-27-13-38(2)14-28-48)52-34-24-40-8-4-6-10-46(40)36-52/h11-36H,3-10H2,1-2H3. The number of hydrogen-bond acceptors (Lipinski definition) is 2. The predicted molar refractivity (Wildman–Crippen MR) is 229 cm³/mol. The lowest BCUT2D eigenvalue weighted by Crippen LogP contribution is -2.12. The molecular formula is C52H48N2. The number of rotatable bonds is 8. The van der Waals surface area contributed by atoms with Crippen molar-refractivity contribution in [1.82, 2.24) is 0 Å². The van der Waals surface area contributed by atoms with Crippen molar-refractivity contribution >= 4 is 34.1 Å². The smallest absolute Gasteiger partial charge is 0.0464 e. The molecule has 0 aliphatic heterocycles. The van der Waals surface area contributed by atoms with Gasteiger partial charge in [-0.05, 0) is 183 Å². The quantitative estimate of drug-likeness (QED) is 0.156. The number of benzene rings is 7. The third-order valence-electron chi connectivity index (χ3n) is 11.6. The van der Waals surface area contributed by atoms with E-state index in [2.05, 4.69) is 181 Å². The maximum absolute atomic E-state index is 2.42. The Labute approximate surface area is 321 Å². The molecule has 0 heterocycles. The summed E-state index contributed by atoms with van der Waals surface area (Å²) in [5.41, 5.74) is 20.6. The Balaban J connectivity index is 0.969. The van der Waals surface area contributed by atoms with E-state index in [1.54, 1.807) is 0 Å². The molecule has 0 saturated carbocycles. The van der Waals surface area contributed by atoms with Gasteiger partial charge in [0.25, 0.3) is 0 Å². The van der Waals surface area contributed by atoms with Gasteiger partial charge in [0.1, 0.15) is 0 Å². The summed E-state index contributed by atoms with van der Waals surface area (Å²) in [6.07, 6.45) is 9.89. The monoisotopic (exact) mass is 700 g/mol. The lowest BCUT2D eigenvalue weighted by atomic mass is 9.91. The zero-order valence-electron chi connectivity index (χ0n) is 31.6. The molecule has 0 spiro atoms. The minimum Gasteiger partial charge on any atom is -0.310 e. The molecule has 0 N–H and O–H groups in total. The van der Waals surface area contributed by atoms with Crippen LogP contribution in [0, 0.1) is 13.8 Å². The van der Waals surface area contributed by atoms with Crippen molar-refractivity contribution in [2.45, 2.75) is 65.2 Å². The van der Waals surface area contributed by atoms with Gasteiger partial charge < -0.3 is 9.80 Å². The van der Waals surface area contributed by atoms with Crippen molar-refractivity contribution in [3.63, 3.8) is 0 Å². The van der Waals surface area contributed by atoms with Gasteiger partial charge in [-0.1, -0.05) is 96.1 Å². The molecule has 2 aliphatic rings. The van der Waals surface area contributed by atoms with E-state index in [9.17, 15) is 0 Å². The van der Waals surface area contributed by atoms with Crippen LogP contribution < -0.4 is 9.80 Å². The zero-order valence-corrected chi connectivity index (χ0v) is 31.6. The first-order chi connectivity index (χ1) is 26.6. The van der Waals surface area contributed by atoms with Gasteiger partial charge in [0.2, 0.25) is 0 Å². The predicted octanol–water partition coefficient (Wildman–Crippen LogP) is 14.3. The van der Waals surface area contributed by atoms with Crippen LogP contribution in [-0.4, -0.2) is 0 Å². The first kappa shape index (κ1) is 33.9. The fourth-order valence-corrected chi connectivity index (χ4v) is 8.46. The van der Waals surface area contributed by atoms with E-state index in [1.807, 2.05) is 0 Å². The first-order valence-electron chi connectivity index (χ1n) is 19.8. The van der Waals surface area contributed by atoms with Crippen LogP contribution in [0.4, 0.5) is 34.1 Å². The highest BCUT2D eigenvalue weighted by molar-refractivity contribution is 5.81. The molecule has 2 heteroatoms. The number of anilines is 6. The highest BCUT2D eigenvalue weighted by atomic mass is 15.1. The summed E-state index contributed by atoms with van der Waals surface area (Å²) in [6, 6.07) is 59.1. The molecular weight excluding hydrogens is 653 g/mol. The molecule has 0 atom stereocenters. The summed E-state index contributed by atoms with van der Waals surface area (Å²) in [5, 5.41) is 0. The largest absolute Gasteiger partial charge is 0.310 e. The van der Waals surface area contributed by atoms with Crippen LogP contribution in [-0.2, 0) is 25.7 Å². The van der Waals surface area contributed by atoms with Crippen LogP contribution in [0.5, 0.6) is 0 Å². The fourth-order valence-electron chi connectivity index (χ4n) is 8.46. The van der Waals surface area contributed by atoms with Crippen LogP contribution in [0.3, 0.4) is 0 Å². The SMILES string of the molecule is Cc1ccc(N(c2ccc(-c3ccc(-c4ccc(N(c5ccc(C)cc5)c5ccc6c(c5)CCCC6)cc4)cc3)cc2)c2ccc3c(c2)CCCC3)cc1. The molecule has 0 bridgehead atoms. The van der Waals surface area contributed by atoms with E-state index < -0.39 is 0 Å². The van der Waals surface area contributed by atoms with Crippen LogP contribution in [0.15, 0.2) is 158 Å². The van der Waals surface area contributed by atoms with Gasteiger partial charge in [-0.3, -0.25) is 0 Å². The summed E-state index contributed by atoms with van der Waals surface area (Å²) < 4.78 is 0. The minimum atomic E-state index is 1.17. The lowest BCUT2D eigenvalue weighted by molar-refractivity contribution is 0.685. The maximum Gasteiger partial charge on any atom is 0.0464 e. The molecule has 9 rings (SSSR count). The minimum absolute atomic E-state index is 1.17. The van der Waals surface area contributed by atoms with E-state index in [-0.39, 0.29) is 0 Å². The number of aryl methyl sites for hydroxylation is 6. The molecule has 2 nitrogen and oxygen atoms in total. The Hall–Kier alpha value is -5.86. The molecule has 54 heavy (non-hydrogen) atoms. The summed E-state index contributed by atoms with van der Waals surface area (Å²) in [4.78, 5) is 4.80. The van der Waals surface area contributed by atoms with Gasteiger partial charge in [-0.2, -0.15) is 0 Å². The van der Waals surface area contributed by atoms with Crippen molar-refractivity contribution in [3.05, 3.63) is 191 Å². The molecule has 266 valence electrons. The maximum atomic E-state index is 2.42. The van der Waals surface area contributed by atoms with E-state index >= 15 is 0 Å². The third kappa shape index (κ3) is 6.97. The highest BCUT2D eigenvalue weighted by Crippen LogP contribution is 2.40. The van der Waals surface area contributed by atoms with Gasteiger partial charge in [0.05, 0.1) is 0 Å². The van der Waals surface area contributed by atoms with E-state index in [0.717, 1.165) is 0 Å². The Morgan fingerprint density at radius 2 is 0.537 bits per heavy atom. The van der Waals surface area contributed by atoms with E-state index in [0.29, 0.717) is 0 Å². The fraction of sp³-hybridized carbons (Fsp3) is 0.192. The van der Waals surface area contributed by atoms with Gasteiger partial charge in [-0.15, -0.1) is 0 Å². The molecule has 2 aliphatic carbocycles. The van der Waals surface area contributed by atoms with Crippen molar-refractivity contribution in [2.24, 2.45) is 0 Å². The topological polar surface area (TPSA) is 6.48 Å². The number of fused-ring (bicyclic) bond motifs is 2. The van der Waals surface area contributed by atoms with Crippen LogP contribution >= 0.6 is 0 Å². The molecule has 7 aromatic carbocycles. The summed E-state index contributed by atoms with van der Waals surface area (Å²) in [6.45, 7) is 4.30. The Morgan fingerprint density at radius 3 is 0.870 bits per heavy atom. The zero-order chi connectivity index (χ0) is 36.4. The highest BCUT2D eigenvalue weighted by Gasteiger charge is 2.18. The third-order valence-corrected chi connectivity index (χ3v) is 11.6. The molecule has 0 amide bonds. The molecule has 7 aromatic rings. The molecule has 0 fully saturated rings. The normalized spacial score (nSPS) is 13.5. The summed E-state index contributed by atoms with van der Waals surface area (Å²) in [7, 11) is 0. The summed E-state index contributed by atoms with van der Waals surface area (Å²) >= 11 is 0. The molecule has 0 aromatic heterocycles. The van der Waals surface area contributed by atoms with Crippen LogP contribution in [0.2, 0.25) is 0 Å². The van der Waals surface area contributed by atoms with Gasteiger partial charge in [0.15, 0.2) is 0 Å². The Kier molecular flexibility index (Phi) is 9.35. The number of nitrogens with zero attached hydrogens (tertiary/aromatic N) is 2. The van der Waals surface area contributed by atoms with Crippen molar-refractivity contribution in [1.29, 1.82) is 0 Å². The second-order valence-corrected chi connectivity index (χ2v) is 15.3. The number of hydrogen-bond donors (Lipinski definition) is 0. The van der Waals surface area contributed by atoms with Gasteiger partial charge in [0, 0.05) is 34.1 Å². The average Bonchev–Trinajstić information content (AvgIpc) is 3.23. The Bertz CT molecular complexity index is 2200. The van der Waals surface area contributed by atoms with Crippen LogP contribution in [0.25, 0.3) is 22.3 Å². The Morgan fingerprint density at radius 1 is 0.278 bits per heavy atom. The van der Waals surface area contributed by atoms with Crippen molar-refractivity contribution in [3.8, 4) is 22.3 Å². The molecule has 0 unspecified atom stereocenters. The van der Waals surface area contributed by atoms with E-state index in [1.165, 1.54) is 141 Å². The van der Waals surface area contributed by atoms with Crippen molar-refractivity contribution in [2.75, 3.05) is 9.80 Å². The van der Waals surface area contributed by atoms with Gasteiger partial charge >= 0.3 is 0 Å². The molecule has 0 radical (unpaired) electrons. The van der Waals surface area contributed by atoms with Crippen molar-refractivity contribution < 1.29 is 0 Å². The van der Waals surface area contributed by atoms with E-state index in [4.69, 9.17) is 0 Å². The lowest BCUT2D eigenvalue weighted by Gasteiger charge is -2.28. The first-order valence-corrected chi connectivity index (χ1v) is 19.8. The van der Waals surface area contributed by atoms with Gasteiger partial charge in [-0.25, -0.2) is 0 Å². The summed E-state index contributed by atoms with van der Waals surface area (Å²) in [5.74, 6) is 0. The molecule has 0 saturated heterocycles. The van der Waals surface area contributed by atoms with Crippen LogP contribution in [0.1, 0.15) is 59.1 Å².